The second-order valence-corrected chi connectivity index (χ2v) is 4.80. The van der Waals surface area contributed by atoms with Gasteiger partial charge in [-0.3, -0.25) is 0 Å². The number of hydrogen-bond acceptors (Lipinski definition) is 3. The molecular weight excluding hydrogens is 194 g/mol. The standard InChI is InChI=1S/C10H15N3S/c1-14-10(12-7-11)13(9-4-5-9)6-8-2-3-8/h8-9H,2-6H2,1H3. The highest BCUT2D eigenvalue weighted by Crippen LogP contribution is 2.36. The van der Waals surface area contributed by atoms with Gasteiger partial charge in [0.05, 0.1) is 0 Å². The lowest BCUT2D eigenvalue weighted by Crippen LogP contribution is -2.32. The van der Waals surface area contributed by atoms with E-state index >= 15 is 0 Å². The van der Waals surface area contributed by atoms with E-state index in [4.69, 9.17) is 5.26 Å². The van der Waals surface area contributed by atoms with Crippen molar-refractivity contribution >= 4 is 16.9 Å². The number of hydrogen-bond donors (Lipinski definition) is 0. The summed E-state index contributed by atoms with van der Waals surface area (Å²) in [7, 11) is 0. The minimum atomic E-state index is 0.676. The van der Waals surface area contributed by atoms with Crippen molar-refractivity contribution in [2.75, 3.05) is 12.8 Å². The molecule has 4 heteroatoms. The predicted molar refractivity (Wildman–Crippen MR) is 59.0 cm³/mol. The molecule has 0 amide bonds. The fourth-order valence-electron chi connectivity index (χ4n) is 1.62. The van der Waals surface area contributed by atoms with Crippen LogP contribution in [-0.4, -0.2) is 28.9 Å². The van der Waals surface area contributed by atoms with Gasteiger partial charge in [0.1, 0.15) is 0 Å². The summed E-state index contributed by atoms with van der Waals surface area (Å²) < 4.78 is 0. The average molecular weight is 209 g/mol. The summed E-state index contributed by atoms with van der Waals surface area (Å²) in [6, 6.07) is 0.676. The molecule has 2 saturated carbocycles. The maximum Gasteiger partial charge on any atom is 0.208 e. The molecule has 0 heterocycles. The Labute approximate surface area is 89.2 Å². The van der Waals surface area contributed by atoms with Gasteiger partial charge in [0.15, 0.2) is 5.17 Å². The molecule has 0 aromatic carbocycles. The summed E-state index contributed by atoms with van der Waals surface area (Å²) >= 11 is 1.59. The van der Waals surface area contributed by atoms with Gasteiger partial charge in [-0.1, -0.05) is 11.8 Å². The molecule has 76 valence electrons. The van der Waals surface area contributed by atoms with Gasteiger partial charge in [-0.15, -0.1) is 4.99 Å². The van der Waals surface area contributed by atoms with Crippen molar-refractivity contribution in [3.8, 4) is 6.19 Å². The van der Waals surface area contributed by atoms with Crippen LogP contribution in [-0.2, 0) is 0 Å². The fraction of sp³-hybridized carbons (Fsp3) is 0.800. The Morgan fingerprint density at radius 3 is 2.64 bits per heavy atom. The van der Waals surface area contributed by atoms with Crippen LogP contribution in [0.4, 0.5) is 0 Å². The van der Waals surface area contributed by atoms with Crippen LogP contribution in [0.3, 0.4) is 0 Å². The van der Waals surface area contributed by atoms with Crippen LogP contribution < -0.4 is 0 Å². The van der Waals surface area contributed by atoms with Crippen LogP contribution >= 0.6 is 11.8 Å². The van der Waals surface area contributed by atoms with E-state index in [-0.39, 0.29) is 0 Å². The van der Waals surface area contributed by atoms with Crippen molar-refractivity contribution < 1.29 is 0 Å². The third-order valence-electron chi connectivity index (χ3n) is 2.71. The molecule has 0 atom stereocenters. The van der Waals surface area contributed by atoms with Crippen molar-refractivity contribution in [1.29, 1.82) is 5.26 Å². The van der Waals surface area contributed by atoms with Crippen molar-refractivity contribution in [1.82, 2.24) is 4.90 Å². The van der Waals surface area contributed by atoms with Crippen LogP contribution in [0.2, 0.25) is 0 Å². The maximum absolute atomic E-state index is 8.59. The fourth-order valence-corrected chi connectivity index (χ4v) is 2.21. The minimum absolute atomic E-state index is 0.676. The Balaban J connectivity index is 1.99. The van der Waals surface area contributed by atoms with Crippen LogP contribution in [0.5, 0.6) is 0 Å². The molecule has 14 heavy (non-hydrogen) atoms. The topological polar surface area (TPSA) is 39.4 Å². The predicted octanol–water partition coefficient (Wildman–Crippen LogP) is 2.06. The van der Waals surface area contributed by atoms with Crippen molar-refractivity contribution in [2.45, 2.75) is 31.7 Å². The molecule has 0 radical (unpaired) electrons. The van der Waals surface area contributed by atoms with Crippen LogP contribution in [0.15, 0.2) is 4.99 Å². The van der Waals surface area contributed by atoms with Crippen LogP contribution in [0, 0.1) is 17.4 Å². The Morgan fingerprint density at radius 1 is 1.50 bits per heavy atom. The van der Waals surface area contributed by atoms with Crippen molar-refractivity contribution in [2.24, 2.45) is 10.9 Å². The largest absolute Gasteiger partial charge is 0.347 e. The van der Waals surface area contributed by atoms with E-state index in [2.05, 4.69) is 9.89 Å². The smallest absolute Gasteiger partial charge is 0.208 e. The van der Waals surface area contributed by atoms with Gasteiger partial charge in [-0.05, 0) is 37.9 Å². The number of thioether (sulfide) groups is 1. The summed E-state index contributed by atoms with van der Waals surface area (Å²) in [6.45, 7) is 1.12. The van der Waals surface area contributed by atoms with E-state index in [1.54, 1.807) is 11.8 Å². The van der Waals surface area contributed by atoms with Gasteiger partial charge < -0.3 is 4.90 Å². The molecule has 2 aliphatic carbocycles. The first-order valence-electron chi connectivity index (χ1n) is 5.12. The molecule has 0 N–H and O–H groups in total. The average Bonchev–Trinajstić information content (AvgIpc) is 3.03. The molecule has 0 aromatic rings. The van der Waals surface area contributed by atoms with E-state index in [1.807, 2.05) is 12.4 Å². The lowest BCUT2D eigenvalue weighted by Gasteiger charge is -2.23. The third kappa shape index (κ3) is 2.42. The molecule has 2 fully saturated rings. The zero-order valence-corrected chi connectivity index (χ0v) is 9.26. The highest BCUT2D eigenvalue weighted by atomic mass is 32.2. The van der Waals surface area contributed by atoms with Crippen LogP contribution in [0.1, 0.15) is 25.7 Å². The van der Waals surface area contributed by atoms with Gasteiger partial charge in [-0.2, -0.15) is 5.26 Å². The summed E-state index contributed by atoms with van der Waals surface area (Å²) in [5.74, 6) is 0.867. The van der Waals surface area contributed by atoms with Gasteiger partial charge in [0.2, 0.25) is 6.19 Å². The molecule has 0 unspecified atom stereocenters. The summed E-state index contributed by atoms with van der Waals surface area (Å²) in [5.41, 5.74) is 0. The van der Waals surface area contributed by atoms with E-state index in [1.165, 1.54) is 25.7 Å². The lowest BCUT2D eigenvalue weighted by atomic mass is 10.4. The van der Waals surface area contributed by atoms with E-state index < -0.39 is 0 Å². The normalized spacial score (nSPS) is 21.9. The Morgan fingerprint density at radius 2 is 2.21 bits per heavy atom. The minimum Gasteiger partial charge on any atom is -0.347 e. The second-order valence-electron chi connectivity index (χ2n) is 4.03. The van der Waals surface area contributed by atoms with Gasteiger partial charge in [0, 0.05) is 12.6 Å². The number of aliphatic imine (C=N–C) groups is 1. The first-order chi connectivity index (χ1) is 6.85. The van der Waals surface area contributed by atoms with Gasteiger partial charge in [0.25, 0.3) is 0 Å². The Hall–Kier alpha value is -0.690. The number of nitriles is 1. The van der Waals surface area contributed by atoms with Crippen molar-refractivity contribution in [3.05, 3.63) is 0 Å². The SMILES string of the molecule is CSC(=NC#N)N(CC1CC1)C1CC1. The maximum atomic E-state index is 8.59. The third-order valence-corrected chi connectivity index (χ3v) is 3.40. The molecular formula is C10H15N3S. The zero-order valence-electron chi connectivity index (χ0n) is 8.44. The molecule has 2 aliphatic rings. The summed E-state index contributed by atoms with van der Waals surface area (Å²) in [5, 5.41) is 9.51. The monoisotopic (exact) mass is 209 g/mol. The summed E-state index contributed by atoms with van der Waals surface area (Å²) in [6.07, 6.45) is 9.17. The molecule has 3 nitrogen and oxygen atoms in total. The second kappa shape index (κ2) is 4.22. The quantitative estimate of drug-likeness (QED) is 0.406. The number of nitrogens with zero attached hydrogens (tertiary/aromatic N) is 3. The first-order valence-corrected chi connectivity index (χ1v) is 6.35. The highest BCUT2D eigenvalue weighted by Gasteiger charge is 2.35. The number of rotatable bonds is 3. The van der Waals surface area contributed by atoms with Gasteiger partial charge >= 0.3 is 0 Å². The van der Waals surface area contributed by atoms with Crippen molar-refractivity contribution in [3.63, 3.8) is 0 Å². The van der Waals surface area contributed by atoms with E-state index in [0.717, 1.165) is 17.6 Å². The molecule has 0 bridgehead atoms. The molecule has 0 saturated heterocycles. The van der Waals surface area contributed by atoms with Gasteiger partial charge in [-0.25, -0.2) is 0 Å². The molecule has 0 aliphatic heterocycles. The summed E-state index contributed by atoms with van der Waals surface area (Å²) in [4.78, 5) is 6.24. The Kier molecular flexibility index (Phi) is 2.97. The first kappa shape index (κ1) is 9.85. The molecule has 2 rings (SSSR count). The lowest BCUT2D eigenvalue weighted by molar-refractivity contribution is 0.398. The van der Waals surface area contributed by atoms with Crippen LogP contribution in [0.25, 0.3) is 0 Å². The Bertz CT molecular complexity index is 274. The molecule has 0 aromatic heterocycles. The zero-order chi connectivity index (χ0) is 9.97. The highest BCUT2D eigenvalue weighted by molar-refractivity contribution is 8.13. The van der Waals surface area contributed by atoms with E-state index in [0.29, 0.717) is 6.04 Å². The van der Waals surface area contributed by atoms with E-state index in [9.17, 15) is 0 Å². The molecule has 0 spiro atoms. The number of amidine groups is 1.